The molecule has 14 heteroatoms. The Balaban J connectivity index is 0.00000289. The molecule has 1 aromatic heterocycles. The van der Waals surface area contributed by atoms with Gasteiger partial charge in [-0.2, -0.15) is 0 Å². The smallest absolute Gasteiger partial charge is 0.480 e. The molecular weight excluding hydrogens is 737 g/mol. The lowest BCUT2D eigenvalue weighted by atomic mass is 9.87. The second-order valence-electron chi connectivity index (χ2n) is 13.5. The maximum absolute atomic E-state index is 14.3. The minimum Gasteiger partial charge on any atom is -0.480 e. The van der Waals surface area contributed by atoms with Crippen LogP contribution in [0, 0.1) is 17.7 Å². The monoisotopic (exact) mass is 783 g/mol. The van der Waals surface area contributed by atoms with Gasteiger partial charge in [0.2, 0.25) is 0 Å². The largest absolute Gasteiger partial charge is 0.573 e. The van der Waals surface area contributed by atoms with Crippen molar-refractivity contribution in [2.24, 2.45) is 11.8 Å². The number of aromatic nitrogens is 1. The first-order valence-electron chi connectivity index (χ1n) is 16.6. The number of carbonyl (C=O) groups is 1. The molecule has 2 heterocycles. The molecule has 0 spiro atoms. The summed E-state index contributed by atoms with van der Waals surface area (Å²) >= 11 is 1.71. The van der Waals surface area contributed by atoms with Gasteiger partial charge in [0.05, 0.1) is 10.7 Å². The van der Waals surface area contributed by atoms with E-state index in [9.17, 15) is 27.5 Å². The van der Waals surface area contributed by atoms with Crippen LogP contribution in [0.1, 0.15) is 85.0 Å². The van der Waals surface area contributed by atoms with Gasteiger partial charge in [0, 0.05) is 23.9 Å². The van der Waals surface area contributed by atoms with E-state index in [0.29, 0.717) is 12.3 Å². The predicted molar refractivity (Wildman–Crippen MR) is 197 cm³/mol. The van der Waals surface area contributed by atoms with Crippen LogP contribution < -0.4 is 4.74 Å². The number of benzene rings is 2. The fraction of sp³-hybridized carbons (Fsp3) is 0.556. The highest BCUT2D eigenvalue weighted by Crippen LogP contribution is 2.44. The van der Waals surface area contributed by atoms with Crippen molar-refractivity contribution in [3.05, 3.63) is 81.1 Å². The van der Waals surface area contributed by atoms with Crippen molar-refractivity contribution in [2.75, 3.05) is 26.7 Å². The first-order valence-corrected chi connectivity index (χ1v) is 17.4. The number of carboxylic acid groups (broad SMARTS) is 1. The molecule has 2 fully saturated rings. The zero-order valence-corrected chi connectivity index (χ0v) is 32.0. The summed E-state index contributed by atoms with van der Waals surface area (Å²) in [5.74, 6) is -0.460. The molecule has 1 aliphatic carbocycles. The highest BCUT2D eigenvalue weighted by molar-refractivity contribution is 7.11. The Morgan fingerprint density at radius 2 is 1.74 bits per heavy atom. The lowest BCUT2D eigenvalue weighted by Crippen LogP contribution is -2.47. The van der Waals surface area contributed by atoms with Crippen LogP contribution in [-0.4, -0.2) is 71.0 Å². The van der Waals surface area contributed by atoms with Crippen molar-refractivity contribution < 1.29 is 32.2 Å². The molecule has 0 amide bonds. The minimum absolute atomic E-state index is 0. The number of piperidine rings is 1. The highest BCUT2D eigenvalue weighted by Gasteiger charge is 2.42. The number of nitrogens with zero attached hydrogens (tertiary/aromatic N) is 3. The number of rotatable bonds is 12. The summed E-state index contributed by atoms with van der Waals surface area (Å²) in [4.78, 5) is 22.9. The third-order valence-corrected chi connectivity index (χ3v) is 11.2. The standard InChI is InChI=1S/C36H45F4N3O3S.3ClH/c1-5-31-34(47-32(41-31)17-23-9-11-29(12-10-23)46-36(38,39)40)24-13-15-43(16-14-24)21-26-19-28(42(4)33(22(2)3)35(44)45)20-30(26)25-7-6-8-27(37)18-25;;;/h6-12,18,22,24,26,28,30,33H,5,13-17,19-21H2,1-4H3,(H,44,45);3*1H/t26?,28?,30?,33-;;;/m1.../s1. The number of hydrogen-bond acceptors (Lipinski definition) is 6. The Kier molecular flexibility index (Phi) is 16.8. The van der Waals surface area contributed by atoms with E-state index >= 15 is 0 Å². The van der Waals surface area contributed by atoms with Crippen molar-refractivity contribution in [3.63, 3.8) is 0 Å². The number of ether oxygens (including phenoxy) is 1. The van der Waals surface area contributed by atoms with E-state index in [-0.39, 0.29) is 72.6 Å². The lowest BCUT2D eigenvalue weighted by Gasteiger charge is -2.35. The molecule has 4 atom stereocenters. The molecule has 1 saturated heterocycles. The number of carboxylic acids is 1. The normalized spacial score (nSPS) is 20.6. The molecule has 3 unspecified atom stereocenters. The van der Waals surface area contributed by atoms with Gasteiger partial charge < -0.3 is 14.7 Å². The predicted octanol–water partition coefficient (Wildman–Crippen LogP) is 9.38. The molecule has 0 radical (unpaired) electrons. The zero-order valence-electron chi connectivity index (χ0n) is 28.7. The van der Waals surface area contributed by atoms with Gasteiger partial charge in [-0.1, -0.05) is 45.0 Å². The maximum Gasteiger partial charge on any atom is 0.573 e. The number of hydrogen-bond donors (Lipinski definition) is 1. The molecule has 0 bridgehead atoms. The summed E-state index contributed by atoms with van der Waals surface area (Å²) in [6, 6.07) is 12.4. The topological polar surface area (TPSA) is 65.9 Å². The van der Waals surface area contributed by atoms with Crippen LogP contribution in [0.3, 0.4) is 0 Å². The number of aryl methyl sites for hydroxylation is 1. The summed E-state index contributed by atoms with van der Waals surface area (Å²) < 4.78 is 55.9. The fourth-order valence-corrected chi connectivity index (χ4v) is 9.05. The Morgan fingerprint density at radius 3 is 2.30 bits per heavy atom. The molecule has 1 saturated carbocycles. The molecule has 2 aliphatic rings. The summed E-state index contributed by atoms with van der Waals surface area (Å²) in [5.41, 5.74) is 2.98. The van der Waals surface area contributed by atoms with Gasteiger partial charge in [-0.25, -0.2) is 9.37 Å². The Hall–Kier alpha value is -2.15. The second kappa shape index (κ2) is 19.1. The van der Waals surface area contributed by atoms with Crippen LogP contribution >= 0.6 is 48.6 Å². The lowest BCUT2D eigenvalue weighted by molar-refractivity contribution is -0.274. The molecule has 5 rings (SSSR count). The van der Waals surface area contributed by atoms with E-state index in [1.807, 2.05) is 31.9 Å². The average Bonchev–Trinajstić information content (AvgIpc) is 3.62. The molecule has 3 aromatic rings. The summed E-state index contributed by atoms with van der Waals surface area (Å²) in [7, 11) is 1.92. The van der Waals surface area contributed by atoms with Gasteiger partial charge in [0.1, 0.15) is 17.6 Å². The maximum atomic E-state index is 14.3. The van der Waals surface area contributed by atoms with Crippen molar-refractivity contribution in [2.45, 2.75) is 89.6 Å². The van der Waals surface area contributed by atoms with Crippen molar-refractivity contribution >= 4 is 54.5 Å². The summed E-state index contributed by atoms with van der Waals surface area (Å²) in [5, 5.41) is 10.9. The van der Waals surface area contributed by atoms with Gasteiger partial charge in [0.25, 0.3) is 0 Å². The molecule has 2 aromatic carbocycles. The summed E-state index contributed by atoms with van der Waals surface area (Å²) in [6.07, 6.45) is 0.358. The molecular formula is C36H48Cl3F4N3O3S. The second-order valence-corrected chi connectivity index (χ2v) is 14.6. The van der Waals surface area contributed by atoms with E-state index in [1.54, 1.807) is 35.6 Å². The van der Waals surface area contributed by atoms with Gasteiger partial charge in [-0.05, 0) is 111 Å². The van der Waals surface area contributed by atoms with Gasteiger partial charge in [-0.3, -0.25) is 9.69 Å². The quantitative estimate of drug-likeness (QED) is 0.185. The van der Waals surface area contributed by atoms with Crippen molar-refractivity contribution in [1.29, 1.82) is 0 Å². The third-order valence-electron chi connectivity index (χ3n) is 9.92. The first kappa shape index (κ1) is 44.0. The molecule has 1 aliphatic heterocycles. The van der Waals surface area contributed by atoms with Crippen LogP contribution in [0.15, 0.2) is 48.5 Å². The van der Waals surface area contributed by atoms with Gasteiger partial charge >= 0.3 is 12.3 Å². The van der Waals surface area contributed by atoms with Crippen molar-refractivity contribution in [3.8, 4) is 5.75 Å². The first-order chi connectivity index (χ1) is 22.3. The summed E-state index contributed by atoms with van der Waals surface area (Å²) in [6.45, 7) is 8.77. The van der Waals surface area contributed by atoms with Crippen molar-refractivity contribution in [1.82, 2.24) is 14.8 Å². The molecule has 6 nitrogen and oxygen atoms in total. The molecule has 50 heavy (non-hydrogen) atoms. The Labute approximate surface area is 315 Å². The number of aliphatic carboxylic acids is 1. The Bertz CT molecular complexity index is 1500. The Morgan fingerprint density at radius 1 is 1.08 bits per heavy atom. The molecule has 280 valence electrons. The minimum atomic E-state index is -4.71. The molecule has 1 N–H and O–H groups in total. The SMILES string of the molecule is CCc1nc(Cc2ccc(OC(F)(F)F)cc2)sc1C1CCN(CC2CC(N(C)[C@@H](C(=O)O)C(C)C)CC2c2cccc(F)c2)CC1.Cl.Cl.Cl. The van der Waals surface area contributed by atoms with E-state index < -0.39 is 18.4 Å². The van der Waals surface area contributed by atoms with Crippen LogP contribution in [0.5, 0.6) is 5.75 Å². The number of halogens is 7. The fourth-order valence-electron chi connectivity index (χ4n) is 7.69. The van der Waals surface area contributed by atoms with Crippen LogP contribution in [-0.2, 0) is 17.6 Å². The van der Waals surface area contributed by atoms with E-state index in [1.165, 1.54) is 23.1 Å². The van der Waals surface area contributed by atoms with Gasteiger partial charge in [-0.15, -0.1) is 61.7 Å². The number of thiazole rings is 1. The number of likely N-dealkylation sites (tertiary alicyclic amines) is 1. The highest BCUT2D eigenvalue weighted by atomic mass is 35.5. The van der Waals surface area contributed by atoms with E-state index in [4.69, 9.17) is 4.98 Å². The van der Waals surface area contributed by atoms with Gasteiger partial charge in [0.15, 0.2) is 0 Å². The zero-order chi connectivity index (χ0) is 33.9. The number of alkyl halides is 3. The van der Waals surface area contributed by atoms with E-state index in [2.05, 4.69) is 16.6 Å². The van der Waals surface area contributed by atoms with Crippen LogP contribution in [0.4, 0.5) is 17.6 Å². The van der Waals surface area contributed by atoms with E-state index in [0.717, 1.165) is 73.6 Å². The average molecular weight is 785 g/mol. The third kappa shape index (κ3) is 11.2. The van der Waals surface area contributed by atoms with Crippen LogP contribution in [0.2, 0.25) is 0 Å². The van der Waals surface area contributed by atoms with Crippen LogP contribution in [0.25, 0.3) is 0 Å². The number of likely N-dealkylation sites (N-methyl/N-ethyl adjacent to an activating group) is 1.